The molecule has 2 aromatic rings. The largest absolute Gasteiger partial charge is 0.299 e. The highest BCUT2D eigenvalue weighted by atomic mass is 32.2. The molecular formula is C25H30O3S. The van der Waals surface area contributed by atoms with E-state index < -0.39 is 9.84 Å². The predicted octanol–water partition coefficient (Wildman–Crippen LogP) is 5.00. The van der Waals surface area contributed by atoms with Gasteiger partial charge in [-0.15, -0.1) is 0 Å². The molecule has 3 nitrogen and oxygen atoms in total. The quantitative estimate of drug-likeness (QED) is 0.575. The number of hydrogen-bond donors (Lipinski definition) is 0. The Balaban J connectivity index is 1.40. The van der Waals surface area contributed by atoms with E-state index in [9.17, 15) is 13.2 Å². The first-order valence-corrected chi connectivity index (χ1v) is 12.5. The molecule has 29 heavy (non-hydrogen) atoms. The number of fused-ring (bicyclic) bond motifs is 3. The smallest absolute Gasteiger partial charge is 0.152 e. The van der Waals surface area contributed by atoms with Crippen LogP contribution in [0.15, 0.2) is 42.5 Å². The molecule has 0 saturated heterocycles. The highest BCUT2D eigenvalue weighted by Gasteiger charge is 2.30. The Hall–Kier alpha value is -1.94. The molecule has 0 unspecified atom stereocenters. The van der Waals surface area contributed by atoms with Crippen molar-refractivity contribution in [3.05, 3.63) is 59.2 Å². The first-order valence-electron chi connectivity index (χ1n) is 10.8. The monoisotopic (exact) mass is 410 g/mol. The number of carbonyl (C=O) groups excluding carboxylic acids is 1. The van der Waals surface area contributed by atoms with E-state index in [0.29, 0.717) is 12.2 Å². The van der Waals surface area contributed by atoms with Gasteiger partial charge in [-0.2, -0.15) is 0 Å². The molecule has 0 aliphatic heterocycles. The number of Topliss-reactive ketones (excluding diaryl/α,β-unsaturated/α-hetero) is 1. The molecule has 2 aliphatic rings. The lowest BCUT2D eigenvalue weighted by Crippen LogP contribution is -2.29. The van der Waals surface area contributed by atoms with Crippen LogP contribution in [0, 0.1) is 11.8 Å². The van der Waals surface area contributed by atoms with Gasteiger partial charge in [0.05, 0.1) is 11.0 Å². The fourth-order valence-corrected chi connectivity index (χ4v) is 6.27. The van der Waals surface area contributed by atoms with E-state index in [2.05, 4.69) is 42.5 Å². The van der Waals surface area contributed by atoms with Gasteiger partial charge in [0.25, 0.3) is 0 Å². The van der Waals surface area contributed by atoms with E-state index in [4.69, 9.17) is 0 Å². The van der Waals surface area contributed by atoms with Gasteiger partial charge in [-0.25, -0.2) is 8.42 Å². The zero-order chi connectivity index (χ0) is 20.6. The topological polar surface area (TPSA) is 51.2 Å². The molecular weight excluding hydrogens is 380 g/mol. The maximum absolute atomic E-state index is 13.0. The molecule has 2 aliphatic carbocycles. The van der Waals surface area contributed by atoms with Crippen molar-refractivity contribution in [2.75, 3.05) is 5.75 Å². The molecule has 0 amide bonds. The molecule has 0 spiro atoms. The van der Waals surface area contributed by atoms with Gasteiger partial charge in [-0.3, -0.25) is 4.79 Å². The predicted molar refractivity (Wildman–Crippen MR) is 118 cm³/mol. The Bertz CT molecular complexity index is 1010. The van der Waals surface area contributed by atoms with E-state index in [1.807, 2.05) is 0 Å². The fraction of sp³-hybridized carbons (Fsp3) is 0.480. The third kappa shape index (κ3) is 4.18. The highest BCUT2D eigenvalue weighted by molar-refractivity contribution is 7.91. The third-order valence-electron chi connectivity index (χ3n) is 6.80. The second-order valence-corrected chi connectivity index (χ2v) is 11.6. The van der Waals surface area contributed by atoms with E-state index in [1.54, 1.807) is 13.8 Å². The van der Waals surface area contributed by atoms with Crippen LogP contribution >= 0.6 is 0 Å². The van der Waals surface area contributed by atoms with Crippen molar-refractivity contribution in [1.29, 1.82) is 0 Å². The van der Waals surface area contributed by atoms with Crippen LogP contribution in [-0.2, 0) is 27.5 Å². The summed E-state index contributed by atoms with van der Waals surface area (Å²) in [5.74, 6) is 0.879. The van der Waals surface area contributed by atoms with Gasteiger partial charge in [-0.05, 0) is 79.7 Å². The summed E-state index contributed by atoms with van der Waals surface area (Å²) in [7, 11) is -3.00. The molecule has 2 aromatic carbocycles. The van der Waals surface area contributed by atoms with Crippen LogP contribution in [0.4, 0.5) is 0 Å². The lowest BCUT2D eigenvalue weighted by atomic mass is 9.79. The molecule has 154 valence electrons. The van der Waals surface area contributed by atoms with E-state index in [0.717, 1.165) is 37.7 Å². The normalized spacial score (nSPS) is 21.1. The van der Waals surface area contributed by atoms with Crippen LogP contribution in [0.25, 0.3) is 11.1 Å². The summed E-state index contributed by atoms with van der Waals surface area (Å²) >= 11 is 0. The van der Waals surface area contributed by atoms with E-state index in [-0.39, 0.29) is 22.8 Å². The lowest BCUT2D eigenvalue weighted by Gasteiger charge is -2.28. The third-order valence-corrected chi connectivity index (χ3v) is 9.17. The van der Waals surface area contributed by atoms with Crippen molar-refractivity contribution in [2.24, 2.45) is 11.8 Å². The average molecular weight is 411 g/mol. The average Bonchev–Trinajstić information content (AvgIpc) is 3.08. The maximum Gasteiger partial charge on any atom is 0.152 e. The van der Waals surface area contributed by atoms with Gasteiger partial charge < -0.3 is 0 Å². The first kappa shape index (κ1) is 20.3. The van der Waals surface area contributed by atoms with Crippen molar-refractivity contribution in [2.45, 2.75) is 57.6 Å². The molecule has 0 heterocycles. The molecule has 0 N–H and O–H groups in total. The molecule has 4 heteroatoms. The zero-order valence-corrected chi connectivity index (χ0v) is 18.2. The van der Waals surface area contributed by atoms with Gasteiger partial charge in [-0.1, -0.05) is 42.5 Å². The van der Waals surface area contributed by atoms with Crippen molar-refractivity contribution < 1.29 is 13.2 Å². The van der Waals surface area contributed by atoms with Crippen LogP contribution in [0.3, 0.4) is 0 Å². The fourth-order valence-electron chi connectivity index (χ4n) is 4.89. The van der Waals surface area contributed by atoms with Gasteiger partial charge in [0, 0.05) is 12.3 Å². The summed E-state index contributed by atoms with van der Waals surface area (Å²) in [6.07, 6.45) is 4.76. The second kappa shape index (κ2) is 8.06. The summed E-state index contributed by atoms with van der Waals surface area (Å²) in [6.45, 7) is 3.50. The minimum absolute atomic E-state index is 0.0765. The number of carbonyl (C=O) groups is 1. The van der Waals surface area contributed by atoms with E-state index >= 15 is 0 Å². The lowest BCUT2D eigenvalue weighted by molar-refractivity contribution is -0.123. The van der Waals surface area contributed by atoms with Crippen LogP contribution in [0.1, 0.15) is 56.2 Å². The van der Waals surface area contributed by atoms with Crippen LogP contribution in [0.5, 0.6) is 0 Å². The molecule has 1 fully saturated rings. The summed E-state index contributed by atoms with van der Waals surface area (Å²) in [5, 5.41) is -0.314. The Morgan fingerprint density at radius 1 is 0.966 bits per heavy atom. The Morgan fingerprint density at radius 2 is 1.66 bits per heavy atom. The van der Waals surface area contributed by atoms with Gasteiger partial charge in [0.1, 0.15) is 5.78 Å². The summed E-state index contributed by atoms with van der Waals surface area (Å²) in [5.41, 5.74) is 6.37. The summed E-state index contributed by atoms with van der Waals surface area (Å²) in [4.78, 5) is 13.0. The van der Waals surface area contributed by atoms with Crippen molar-refractivity contribution in [1.82, 2.24) is 0 Å². The van der Waals surface area contributed by atoms with Crippen LogP contribution in [-0.4, -0.2) is 25.2 Å². The standard InChI is InChI=1S/C25H30O3S/c1-17(2)29(27,28)16-18-10-12-19(13-11-18)25(26)15-21-7-5-9-23-22-8-4-3-6-20(22)14-24(21)23/h3-9,17-19H,10-16H2,1-2H3. The van der Waals surface area contributed by atoms with E-state index in [1.165, 1.54) is 22.3 Å². The Labute approximate surface area is 174 Å². The molecule has 1 saturated carbocycles. The Morgan fingerprint density at radius 3 is 2.38 bits per heavy atom. The minimum atomic E-state index is -3.00. The van der Waals surface area contributed by atoms with Crippen LogP contribution in [0.2, 0.25) is 0 Å². The Kier molecular flexibility index (Phi) is 5.65. The number of hydrogen-bond acceptors (Lipinski definition) is 3. The van der Waals surface area contributed by atoms with Gasteiger partial charge in [0.15, 0.2) is 9.84 Å². The summed E-state index contributed by atoms with van der Waals surface area (Å²) < 4.78 is 24.4. The molecule has 0 aromatic heterocycles. The molecule has 0 atom stereocenters. The van der Waals surface area contributed by atoms with Gasteiger partial charge >= 0.3 is 0 Å². The number of benzene rings is 2. The van der Waals surface area contributed by atoms with Crippen molar-refractivity contribution >= 4 is 15.6 Å². The SMILES string of the molecule is CC(C)S(=O)(=O)CC1CCC(C(=O)Cc2cccc3c2Cc2ccccc2-3)CC1. The number of rotatable bonds is 6. The van der Waals surface area contributed by atoms with Gasteiger partial charge in [0.2, 0.25) is 0 Å². The van der Waals surface area contributed by atoms with Crippen molar-refractivity contribution in [3.63, 3.8) is 0 Å². The van der Waals surface area contributed by atoms with Crippen molar-refractivity contribution in [3.8, 4) is 11.1 Å². The number of sulfone groups is 1. The molecule has 0 bridgehead atoms. The molecule has 0 radical (unpaired) electrons. The molecule has 4 rings (SSSR count). The first-order chi connectivity index (χ1) is 13.8. The maximum atomic E-state index is 13.0. The minimum Gasteiger partial charge on any atom is -0.299 e. The highest BCUT2D eigenvalue weighted by Crippen LogP contribution is 2.39. The van der Waals surface area contributed by atoms with Crippen LogP contribution < -0.4 is 0 Å². The summed E-state index contributed by atoms with van der Waals surface area (Å²) in [6, 6.07) is 14.8. The second-order valence-electron chi connectivity index (χ2n) is 9.02. The zero-order valence-electron chi connectivity index (χ0n) is 17.4. The number of ketones is 1.